The molecular formula is C15H19NO. The zero-order valence-electron chi connectivity index (χ0n) is 10.7. The highest BCUT2D eigenvalue weighted by Gasteiger charge is 2.25. The van der Waals surface area contributed by atoms with Gasteiger partial charge in [-0.3, -0.25) is 4.79 Å². The number of carbonyl (C=O) groups excluding carboxylic acids is 1. The molecule has 1 rings (SSSR count). The third kappa shape index (κ3) is 3.17. The second kappa shape index (κ2) is 6.20. The van der Waals surface area contributed by atoms with Crippen LogP contribution < -0.4 is 0 Å². The van der Waals surface area contributed by atoms with Crippen LogP contribution >= 0.6 is 0 Å². The lowest BCUT2D eigenvalue weighted by Gasteiger charge is -2.15. The van der Waals surface area contributed by atoms with E-state index in [0.29, 0.717) is 0 Å². The van der Waals surface area contributed by atoms with Crippen LogP contribution in [0, 0.1) is 24.2 Å². The zero-order chi connectivity index (χ0) is 12.8. The smallest absolute Gasteiger partial charge is 0.157 e. The van der Waals surface area contributed by atoms with Crippen LogP contribution in [0.4, 0.5) is 0 Å². The van der Waals surface area contributed by atoms with Gasteiger partial charge in [-0.15, -0.1) is 0 Å². The van der Waals surface area contributed by atoms with Crippen LogP contribution in [0.2, 0.25) is 0 Å². The Morgan fingerprint density at radius 3 is 2.47 bits per heavy atom. The number of nitriles is 1. The standard InChI is InChI=1S/C15H19NO/c1-4-12(5-2)15(17)14(10-16)13-8-6-7-11(3)9-13/h6-9,12,14H,4-5H2,1-3H3. The number of hydrogen-bond acceptors (Lipinski definition) is 2. The monoisotopic (exact) mass is 229 g/mol. The van der Waals surface area contributed by atoms with Gasteiger partial charge in [0.25, 0.3) is 0 Å². The summed E-state index contributed by atoms with van der Waals surface area (Å²) in [4.78, 5) is 12.2. The lowest BCUT2D eigenvalue weighted by Crippen LogP contribution is -2.20. The average molecular weight is 229 g/mol. The maximum Gasteiger partial charge on any atom is 0.157 e. The van der Waals surface area contributed by atoms with Gasteiger partial charge in [-0.25, -0.2) is 0 Å². The third-order valence-electron chi connectivity index (χ3n) is 3.18. The van der Waals surface area contributed by atoms with Crippen LogP contribution in [0.15, 0.2) is 24.3 Å². The van der Waals surface area contributed by atoms with Gasteiger partial charge in [0.1, 0.15) is 5.92 Å². The van der Waals surface area contributed by atoms with E-state index < -0.39 is 5.92 Å². The fourth-order valence-electron chi connectivity index (χ4n) is 2.08. The molecule has 0 saturated heterocycles. The molecule has 0 heterocycles. The molecule has 1 atom stereocenters. The predicted molar refractivity (Wildman–Crippen MR) is 68.6 cm³/mol. The minimum absolute atomic E-state index is 0.000150. The molecule has 0 aromatic heterocycles. The van der Waals surface area contributed by atoms with E-state index in [1.165, 1.54) is 0 Å². The Kier molecular flexibility index (Phi) is 4.90. The van der Waals surface area contributed by atoms with Gasteiger partial charge in [0.2, 0.25) is 0 Å². The van der Waals surface area contributed by atoms with Crippen LogP contribution in [0.1, 0.15) is 43.7 Å². The van der Waals surface area contributed by atoms with Crippen LogP contribution in [-0.4, -0.2) is 5.78 Å². The van der Waals surface area contributed by atoms with Gasteiger partial charge >= 0.3 is 0 Å². The first-order chi connectivity index (χ1) is 8.13. The Morgan fingerprint density at radius 1 is 1.35 bits per heavy atom. The van der Waals surface area contributed by atoms with E-state index in [4.69, 9.17) is 0 Å². The van der Waals surface area contributed by atoms with Crippen LogP contribution in [0.3, 0.4) is 0 Å². The van der Waals surface area contributed by atoms with E-state index in [9.17, 15) is 10.1 Å². The summed E-state index contributed by atoms with van der Waals surface area (Å²) in [6.07, 6.45) is 1.61. The SMILES string of the molecule is CCC(CC)C(=O)C(C#N)c1cccc(C)c1. The van der Waals surface area contributed by atoms with Gasteiger partial charge < -0.3 is 0 Å². The van der Waals surface area contributed by atoms with E-state index >= 15 is 0 Å². The van der Waals surface area contributed by atoms with Crippen molar-refractivity contribution in [2.45, 2.75) is 39.5 Å². The van der Waals surface area contributed by atoms with Gasteiger partial charge in [-0.1, -0.05) is 43.7 Å². The first-order valence-corrected chi connectivity index (χ1v) is 6.13. The molecule has 0 radical (unpaired) electrons. The molecule has 90 valence electrons. The fraction of sp³-hybridized carbons (Fsp3) is 0.467. The largest absolute Gasteiger partial charge is 0.298 e. The highest BCUT2D eigenvalue weighted by molar-refractivity contribution is 5.90. The van der Waals surface area contributed by atoms with E-state index in [-0.39, 0.29) is 11.7 Å². The molecule has 0 aliphatic carbocycles. The fourth-order valence-corrected chi connectivity index (χ4v) is 2.08. The second-order valence-corrected chi connectivity index (χ2v) is 4.39. The summed E-state index contributed by atoms with van der Waals surface area (Å²) in [5.41, 5.74) is 1.91. The molecule has 1 unspecified atom stereocenters. The van der Waals surface area contributed by atoms with E-state index in [1.54, 1.807) is 0 Å². The Labute approximate surface area is 103 Å². The van der Waals surface area contributed by atoms with Crippen molar-refractivity contribution in [2.75, 3.05) is 0 Å². The van der Waals surface area contributed by atoms with Crippen molar-refractivity contribution in [2.24, 2.45) is 5.92 Å². The maximum absolute atomic E-state index is 12.2. The Balaban J connectivity index is 3.00. The number of nitrogens with zero attached hydrogens (tertiary/aromatic N) is 1. The molecule has 0 saturated carbocycles. The Bertz CT molecular complexity index is 427. The molecule has 2 heteroatoms. The van der Waals surface area contributed by atoms with Gasteiger partial charge in [0.15, 0.2) is 5.78 Å². The summed E-state index contributed by atoms with van der Waals surface area (Å²) in [7, 11) is 0. The molecule has 0 amide bonds. The highest BCUT2D eigenvalue weighted by Crippen LogP contribution is 2.23. The number of carbonyl (C=O) groups is 1. The van der Waals surface area contributed by atoms with Gasteiger partial charge in [0, 0.05) is 5.92 Å². The Morgan fingerprint density at radius 2 is 2.00 bits per heavy atom. The van der Waals surface area contributed by atoms with Crippen molar-refractivity contribution in [3.8, 4) is 6.07 Å². The topological polar surface area (TPSA) is 40.9 Å². The maximum atomic E-state index is 12.2. The van der Waals surface area contributed by atoms with E-state index in [0.717, 1.165) is 24.0 Å². The number of Topliss-reactive ketones (excluding diaryl/α,β-unsaturated/α-hetero) is 1. The molecule has 2 nitrogen and oxygen atoms in total. The second-order valence-electron chi connectivity index (χ2n) is 4.39. The van der Waals surface area contributed by atoms with Crippen molar-refractivity contribution in [3.05, 3.63) is 35.4 Å². The van der Waals surface area contributed by atoms with Gasteiger partial charge in [-0.05, 0) is 25.3 Å². The van der Waals surface area contributed by atoms with E-state index in [2.05, 4.69) is 6.07 Å². The number of ketones is 1. The van der Waals surface area contributed by atoms with Crippen molar-refractivity contribution in [3.63, 3.8) is 0 Å². The summed E-state index contributed by atoms with van der Waals surface area (Å²) in [6, 6.07) is 9.80. The summed E-state index contributed by atoms with van der Waals surface area (Å²) >= 11 is 0. The summed E-state index contributed by atoms with van der Waals surface area (Å²) in [5.74, 6) is -0.553. The van der Waals surface area contributed by atoms with Crippen LogP contribution in [0.25, 0.3) is 0 Å². The molecule has 0 fully saturated rings. The molecule has 1 aromatic carbocycles. The van der Waals surface area contributed by atoms with Gasteiger partial charge in [0.05, 0.1) is 6.07 Å². The van der Waals surface area contributed by atoms with Crippen molar-refractivity contribution in [1.29, 1.82) is 5.26 Å². The minimum Gasteiger partial charge on any atom is -0.298 e. The molecule has 0 bridgehead atoms. The molecule has 1 aromatic rings. The number of benzene rings is 1. The molecule has 0 spiro atoms. The number of aryl methyl sites for hydroxylation is 1. The molecule has 17 heavy (non-hydrogen) atoms. The van der Waals surface area contributed by atoms with Crippen LogP contribution in [-0.2, 0) is 4.79 Å². The van der Waals surface area contributed by atoms with Gasteiger partial charge in [-0.2, -0.15) is 5.26 Å². The minimum atomic E-state index is -0.611. The normalized spacial score (nSPS) is 12.2. The summed E-state index contributed by atoms with van der Waals surface area (Å²) < 4.78 is 0. The summed E-state index contributed by atoms with van der Waals surface area (Å²) in [5, 5.41) is 9.21. The lowest BCUT2D eigenvalue weighted by atomic mass is 9.85. The summed E-state index contributed by atoms with van der Waals surface area (Å²) in [6.45, 7) is 5.97. The van der Waals surface area contributed by atoms with Crippen molar-refractivity contribution in [1.82, 2.24) is 0 Å². The quantitative estimate of drug-likeness (QED) is 0.774. The first kappa shape index (κ1) is 13.4. The van der Waals surface area contributed by atoms with Crippen LogP contribution in [0.5, 0.6) is 0 Å². The molecule has 0 aliphatic rings. The van der Waals surface area contributed by atoms with Crippen molar-refractivity contribution >= 4 is 5.78 Å². The van der Waals surface area contributed by atoms with E-state index in [1.807, 2.05) is 45.0 Å². The lowest BCUT2D eigenvalue weighted by molar-refractivity contribution is -0.123. The van der Waals surface area contributed by atoms with Crippen molar-refractivity contribution < 1.29 is 4.79 Å². The number of hydrogen-bond donors (Lipinski definition) is 0. The molecular weight excluding hydrogens is 210 g/mol. The Hall–Kier alpha value is -1.62. The zero-order valence-corrected chi connectivity index (χ0v) is 10.7. The molecule has 0 N–H and O–H groups in total. The predicted octanol–water partition coefficient (Wildman–Crippen LogP) is 3.61. The first-order valence-electron chi connectivity index (χ1n) is 6.13. The third-order valence-corrected chi connectivity index (χ3v) is 3.18. The average Bonchev–Trinajstić information content (AvgIpc) is 2.31. The molecule has 0 aliphatic heterocycles. The number of rotatable bonds is 5. The highest BCUT2D eigenvalue weighted by atomic mass is 16.1.